The predicted molar refractivity (Wildman–Crippen MR) is 219 cm³/mol. The van der Waals surface area contributed by atoms with Crippen molar-refractivity contribution in [3.05, 3.63) is 182 Å². The van der Waals surface area contributed by atoms with E-state index in [1.54, 1.807) is 0 Å². The molecule has 0 radical (unpaired) electrons. The van der Waals surface area contributed by atoms with E-state index in [1.807, 2.05) is 19.9 Å². The molecule has 10 rings (SSSR count). The summed E-state index contributed by atoms with van der Waals surface area (Å²) in [4.78, 5) is 0. The molecule has 0 aliphatic heterocycles. The Labute approximate surface area is 298 Å². The molecular weight excluding hydrogens is 617 g/mol. The summed E-state index contributed by atoms with van der Waals surface area (Å²) in [5, 5.41) is 9.83. The van der Waals surface area contributed by atoms with E-state index in [0.717, 1.165) is 27.7 Å². The van der Waals surface area contributed by atoms with E-state index in [0.29, 0.717) is 0 Å². The van der Waals surface area contributed by atoms with Crippen LogP contribution in [0.25, 0.3) is 98.8 Å². The minimum absolute atomic E-state index is 0.917. The van der Waals surface area contributed by atoms with Gasteiger partial charge in [0.25, 0.3) is 0 Å². The summed E-state index contributed by atoms with van der Waals surface area (Å²) in [7, 11) is 0. The number of fused-ring (bicyclic) bond motifs is 7. The minimum Gasteiger partial charge on any atom is -0.455 e. The van der Waals surface area contributed by atoms with Crippen LogP contribution in [0, 0.1) is 0 Å². The molecule has 0 unspecified atom stereocenters. The maximum Gasteiger partial charge on any atom is 0.143 e. The number of hydrogen-bond acceptors (Lipinski definition) is 1. The van der Waals surface area contributed by atoms with Gasteiger partial charge in [-0.3, -0.25) is 0 Å². The van der Waals surface area contributed by atoms with Crippen molar-refractivity contribution in [1.29, 1.82) is 0 Å². The highest BCUT2D eigenvalue weighted by Crippen LogP contribution is 2.45. The normalized spacial score (nSPS) is 11.3. The van der Waals surface area contributed by atoms with Crippen LogP contribution in [-0.4, -0.2) is 0 Å². The predicted octanol–water partition coefficient (Wildman–Crippen LogP) is 14.7. The van der Waals surface area contributed by atoms with Gasteiger partial charge in [-0.2, -0.15) is 0 Å². The van der Waals surface area contributed by atoms with Crippen molar-refractivity contribution < 1.29 is 4.42 Å². The van der Waals surface area contributed by atoms with E-state index in [-0.39, 0.29) is 0 Å². The monoisotopic (exact) mass is 652 g/mol. The van der Waals surface area contributed by atoms with Crippen molar-refractivity contribution in [1.82, 2.24) is 0 Å². The van der Waals surface area contributed by atoms with Crippen LogP contribution in [0.15, 0.2) is 186 Å². The second kappa shape index (κ2) is 12.8. The number of para-hydroxylation sites is 1. The van der Waals surface area contributed by atoms with Crippen molar-refractivity contribution >= 4 is 54.3 Å². The second-order valence-electron chi connectivity index (χ2n) is 12.8. The van der Waals surface area contributed by atoms with Crippen LogP contribution in [0.4, 0.5) is 0 Å². The summed E-state index contributed by atoms with van der Waals surface area (Å²) in [6.45, 7) is 4.00. The van der Waals surface area contributed by atoms with Crippen LogP contribution in [-0.2, 0) is 0 Å². The topological polar surface area (TPSA) is 13.1 Å². The molecule has 51 heavy (non-hydrogen) atoms. The van der Waals surface area contributed by atoms with Crippen molar-refractivity contribution in [2.75, 3.05) is 0 Å². The summed E-state index contributed by atoms with van der Waals surface area (Å²) in [5.74, 6) is 0. The molecule has 0 fully saturated rings. The van der Waals surface area contributed by atoms with E-state index in [2.05, 4.69) is 176 Å². The molecule has 0 atom stereocenters. The lowest BCUT2D eigenvalue weighted by Gasteiger charge is -2.18. The Balaban J connectivity index is 0.00000171. The SMILES string of the molecule is CC.c1ccc(-c2c3ccccc3c(-c3cccc(-c4ccc(-c5cc6ccccc6c6c5oc5ccccc56)cc4)c3)c3ccccc23)cc1. The standard InChI is InChI=1S/C48H30O.C2H6/c1-2-13-33(14-3-1)45-38-19-6-8-21-40(38)46(41-22-9-7-20-39(41)45)36-17-12-16-34(29-36)31-25-27-32(28-26-31)43-30-35-15-4-5-18-37(35)47-42-23-10-11-24-44(42)49-48(43)47;1-2/h1-30H;1-2H3. The van der Waals surface area contributed by atoms with Crippen LogP contribution >= 0.6 is 0 Å². The fraction of sp³-hybridized carbons (Fsp3) is 0.0400. The smallest absolute Gasteiger partial charge is 0.143 e. The molecule has 0 aliphatic rings. The first kappa shape index (κ1) is 30.6. The Morgan fingerprint density at radius 3 is 1.49 bits per heavy atom. The first-order valence-electron chi connectivity index (χ1n) is 17.8. The molecule has 242 valence electrons. The third-order valence-electron chi connectivity index (χ3n) is 10.0. The van der Waals surface area contributed by atoms with Gasteiger partial charge in [-0.1, -0.05) is 178 Å². The molecule has 0 amide bonds. The molecule has 0 spiro atoms. The first-order chi connectivity index (χ1) is 25.3. The van der Waals surface area contributed by atoms with Crippen LogP contribution in [0.2, 0.25) is 0 Å². The van der Waals surface area contributed by atoms with E-state index in [9.17, 15) is 0 Å². The molecule has 1 nitrogen and oxygen atoms in total. The van der Waals surface area contributed by atoms with E-state index in [4.69, 9.17) is 4.42 Å². The lowest BCUT2D eigenvalue weighted by Crippen LogP contribution is -1.91. The van der Waals surface area contributed by atoms with Crippen LogP contribution in [0.1, 0.15) is 13.8 Å². The molecule has 1 heterocycles. The van der Waals surface area contributed by atoms with E-state index >= 15 is 0 Å². The van der Waals surface area contributed by atoms with Gasteiger partial charge in [-0.05, 0) is 89.5 Å². The zero-order chi connectivity index (χ0) is 34.3. The van der Waals surface area contributed by atoms with Crippen molar-refractivity contribution in [2.24, 2.45) is 0 Å². The lowest BCUT2D eigenvalue weighted by molar-refractivity contribution is 0.670. The maximum absolute atomic E-state index is 6.53. The molecule has 0 saturated heterocycles. The molecule has 0 aliphatic carbocycles. The molecule has 0 bridgehead atoms. The minimum atomic E-state index is 0.917. The molecular formula is C50H36O. The quantitative estimate of drug-likeness (QED) is 0.172. The van der Waals surface area contributed by atoms with Crippen LogP contribution < -0.4 is 0 Å². The Bertz CT molecular complexity index is 2800. The van der Waals surface area contributed by atoms with Gasteiger partial charge < -0.3 is 4.42 Å². The summed E-state index contributed by atoms with van der Waals surface area (Å²) in [6, 6.07) is 65.6. The number of furan rings is 1. The first-order valence-corrected chi connectivity index (χ1v) is 17.8. The lowest BCUT2D eigenvalue weighted by atomic mass is 9.85. The highest BCUT2D eigenvalue weighted by atomic mass is 16.3. The summed E-state index contributed by atoms with van der Waals surface area (Å²) < 4.78 is 6.53. The molecule has 0 saturated carbocycles. The largest absolute Gasteiger partial charge is 0.455 e. The number of rotatable bonds is 4. The number of benzene rings is 9. The zero-order valence-electron chi connectivity index (χ0n) is 28.7. The van der Waals surface area contributed by atoms with Crippen molar-refractivity contribution in [3.63, 3.8) is 0 Å². The molecule has 10 aromatic rings. The fourth-order valence-electron chi connectivity index (χ4n) is 7.84. The average molecular weight is 653 g/mol. The Morgan fingerprint density at radius 1 is 0.333 bits per heavy atom. The average Bonchev–Trinajstić information content (AvgIpc) is 3.61. The van der Waals surface area contributed by atoms with E-state index in [1.165, 1.54) is 71.1 Å². The van der Waals surface area contributed by atoms with Gasteiger partial charge in [-0.25, -0.2) is 0 Å². The zero-order valence-corrected chi connectivity index (χ0v) is 28.7. The maximum atomic E-state index is 6.53. The molecule has 9 aromatic carbocycles. The van der Waals surface area contributed by atoms with Gasteiger partial charge >= 0.3 is 0 Å². The van der Waals surface area contributed by atoms with Crippen LogP contribution in [0.3, 0.4) is 0 Å². The summed E-state index contributed by atoms with van der Waals surface area (Å²) in [6.07, 6.45) is 0. The highest BCUT2D eigenvalue weighted by Gasteiger charge is 2.18. The Hall–Kier alpha value is -6.44. The van der Waals surface area contributed by atoms with Gasteiger partial charge in [0.2, 0.25) is 0 Å². The number of hydrogen-bond donors (Lipinski definition) is 0. The highest BCUT2D eigenvalue weighted by molar-refractivity contribution is 6.23. The second-order valence-corrected chi connectivity index (χ2v) is 12.8. The van der Waals surface area contributed by atoms with Crippen molar-refractivity contribution in [2.45, 2.75) is 13.8 Å². The van der Waals surface area contributed by atoms with Crippen molar-refractivity contribution in [3.8, 4) is 44.5 Å². The van der Waals surface area contributed by atoms with Gasteiger partial charge in [-0.15, -0.1) is 0 Å². The van der Waals surface area contributed by atoms with Crippen LogP contribution in [0.5, 0.6) is 0 Å². The van der Waals surface area contributed by atoms with E-state index < -0.39 is 0 Å². The van der Waals surface area contributed by atoms with Gasteiger partial charge in [0, 0.05) is 16.3 Å². The third kappa shape index (κ3) is 5.09. The molecule has 1 aromatic heterocycles. The third-order valence-corrected chi connectivity index (χ3v) is 10.0. The molecule has 0 N–H and O–H groups in total. The Morgan fingerprint density at radius 2 is 0.824 bits per heavy atom. The summed E-state index contributed by atoms with van der Waals surface area (Å²) in [5.41, 5.74) is 11.5. The van der Waals surface area contributed by atoms with Gasteiger partial charge in [0.1, 0.15) is 11.2 Å². The summed E-state index contributed by atoms with van der Waals surface area (Å²) >= 11 is 0. The fourth-order valence-corrected chi connectivity index (χ4v) is 7.84. The Kier molecular flexibility index (Phi) is 7.67. The van der Waals surface area contributed by atoms with Gasteiger partial charge in [0.15, 0.2) is 0 Å². The molecule has 1 heteroatoms. The van der Waals surface area contributed by atoms with Gasteiger partial charge in [0.05, 0.1) is 0 Å².